The molecule has 2 aliphatic rings. The zero-order valence-electron chi connectivity index (χ0n) is 16.2. The summed E-state index contributed by atoms with van der Waals surface area (Å²) in [6.45, 7) is 0.857. The molecule has 1 fully saturated rings. The lowest BCUT2D eigenvalue weighted by Gasteiger charge is -2.13. The molecule has 1 atom stereocenters. The fourth-order valence-electron chi connectivity index (χ4n) is 4.16. The number of anilines is 1. The average Bonchev–Trinajstić information content (AvgIpc) is 3.39. The maximum Gasteiger partial charge on any atom is 0.256 e. The Morgan fingerprint density at radius 1 is 1.00 bits per heavy atom. The van der Waals surface area contributed by atoms with Gasteiger partial charge in [0.15, 0.2) is 0 Å². The molecule has 1 heterocycles. The first-order valence-corrected chi connectivity index (χ1v) is 11.1. The molecule has 29 heavy (non-hydrogen) atoms. The van der Waals surface area contributed by atoms with Crippen molar-refractivity contribution >= 4 is 23.4 Å². The summed E-state index contributed by atoms with van der Waals surface area (Å²) in [6, 6.07) is 22.6. The Morgan fingerprint density at radius 2 is 1.83 bits per heavy atom. The number of carbonyl (C=O) groups excluding carboxylic acids is 1. The summed E-state index contributed by atoms with van der Waals surface area (Å²) in [5.41, 5.74) is 6.76. The third-order valence-corrected chi connectivity index (χ3v) is 6.84. The van der Waals surface area contributed by atoms with Crippen molar-refractivity contribution in [2.75, 3.05) is 17.7 Å². The van der Waals surface area contributed by atoms with Crippen molar-refractivity contribution < 1.29 is 9.53 Å². The van der Waals surface area contributed by atoms with Crippen LogP contribution in [0.2, 0.25) is 0 Å². The van der Waals surface area contributed by atoms with Gasteiger partial charge < -0.3 is 10.1 Å². The summed E-state index contributed by atoms with van der Waals surface area (Å²) in [6.07, 6.45) is 3.46. The minimum Gasteiger partial charge on any atom is -0.377 e. The predicted octanol–water partition coefficient (Wildman–Crippen LogP) is 5.78. The first kappa shape index (κ1) is 18.5. The number of thioether (sulfide) groups is 1. The molecule has 4 heteroatoms. The number of nitrogens with one attached hydrogen (secondary N) is 1. The number of hydrogen-bond acceptors (Lipinski definition) is 3. The zero-order valence-corrected chi connectivity index (χ0v) is 17.0. The summed E-state index contributed by atoms with van der Waals surface area (Å²) in [4.78, 5) is 14.0. The second-order valence-electron chi connectivity index (χ2n) is 7.60. The van der Waals surface area contributed by atoms with Crippen molar-refractivity contribution in [3.05, 3.63) is 83.4 Å². The van der Waals surface area contributed by atoms with Crippen molar-refractivity contribution in [1.82, 2.24) is 0 Å². The van der Waals surface area contributed by atoms with Crippen LogP contribution in [0.3, 0.4) is 0 Å². The summed E-state index contributed by atoms with van der Waals surface area (Å²) < 4.78 is 5.72. The molecule has 0 bridgehead atoms. The topological polar surface area (TPSA) is 38.3 Å². The van der Waals surface area contributed by atoms with E-state index in [1.807, 2.05) is 30.3 Å². The number of benzene rings is 3. The number of ether oxygens (including phenoxy) is 1. The van der Waals surface area contributed by atoms with Gasteiger partial charge in [0.2, 0.25) is 0 Å². The van der Waals surface area contributed by atoms with E-state index in [2.05, 4.69) is 41.7 Å². The van der Waals surface area contributed by atoms with Crippen LogP contribution in [0.1, 0.15) is 34.3 Å². The Hall–Kier alpha value is -2.56. The van der Waals surface area contributed by atoms with Gasteiger partial charge in [0.25, 0.3) is 5.91 Å². The van der Waals surface area contributed by atoms with Gasteiger partial charge in [-0.1, -0.05) is 42.5 Å². The lowest BCUT2D eigenvalue weighted by Crippen LogP contribution is -2.14. The van der Waals surface area contributed by atoms with Gasteiger partial charge in [0, 0.05) is 22.9 Å². The zero-order chi connectivity index (χ0) is 19.6. The van der Waals surface area contributed by atoms with Gasteiger partial charge in [-0.05, 0) is 65.8 Å². The van der Waals surface area contributed by atoms with Gasteiger partial charge >= 0.3 is 0 Å². The van der Waals surface area contributed by atoms with Crippen LogP contribution in [0.4, 0.5) is 5.69 Å². The van der Waals surface area contributed by atoms with Crippen LogP contribution in [-0.4, -0.2) is 24.4 Å². The van der Waals surface area contributed by atoms with Crippen molar-refractivity contribution in [2.24, 2.45) is 0 Å². The Kier molecular flexibility index (Phi) is 5.13. The third-order valence-electron chi connectivity index (χ3n) is 5.63. The maximum absolute atomic E-state index is 13.0. The van der Waals surface area contributed by atoms with E-state index in [9.17, 15) is 4.79 Å². The lowest BCUT2D eigenvalue weighted by molar-refractivity contribution is 0.102. The van der Waals surface area contributed by atoms with Crippen molar-refractivity contribution in [2.45, 2.75) is 30.3 Å². The number of hydrogen-bond donors (Lipinski definition) is 1. The molecule has 1 aliphatic carbocycles. The highest BCUT2D eigenvalue weighted by atomic mass is 32.2. The number of rotatable bonds is 5. The van der Waals surface area contributed by atoms with E-state index in [-0.39, 0.29) is 5.91 Å². The smallest absolute Gasteiger partial charge is 0.256 e. The SMILES string of the molecule is O=C(Nc1ccc2c(c1)Cc1ccccc1-2)c1ccccc1SCC1CCCO1. The van der Waals surface area contributed by atoms with Gasteiger partial charge in [-0.25, -0.2) is 0 Å². The molecular formula is C25H23NO2S. The minimum absolute atomic E-state index is 0.0594. The Balaban J connectivity index is 1.32. The van der Waals surface area contributed by atoms with E-state index in [0.717, 1.165) is 47.8 Å². The molecule has 1 aliphatic heterocycles. The number of fused-ring (bicyclic) bond motifs is 3. The average molecular weight is 402 g/mol. The highest BCUT2D eigenvalue weighted by Crippen LogP contribution is 2.37. The Labute approximate surface area is 175 Å². The molecule has 3 aromatic carbocycles. The molecule has 0 radical (unpaired) electrons. The highest BCUT2D eigenvalue weighted by molar-refractivity contribution is 7.99. The molecule has 5 rings (SSSR count). The molecular weight excluding hydrogens is 378 g/mol. The summed E-state index contributed by atoms with van der Waals surface area (Å²) in [5.74, 6) is 0.831. The first-order valence-electron chi connectivity index (χ1n) is 10.1. The standard InChI is InChI=1S/C25H23NO2S/c27-25(23-9-3-4-10-24(23)29-16-20-7-5-13-28-20)26-19-11-12-22-18(15-19)14-17-6-1-2-8-21(17)22/h1-4,6,8-12,15,20H,5,7,13-14,16H2,(H,26,27). The van der Waals surface area contributed by atoms with E-state index in [0.29, 0.717) is 6.10 Å². The van der Waals surface area contributed by atoms with Crippen molar-refractivity contribution in [1.29, 1.82) is 0 Å². The fourth-order valence-corrected chi connectivity index (χ4v) is 5.28. The third kappa shape index (κ3) is 3.83. The molecule has 3 nitrogen and oxygen atoms in total. The summed E-state index contributed by atoms with van der Waals surface area (Å²) in [7, 11) is 0. The minimum atomic E-state index is -0.0594. The molecule has 1 unspecified atom stereocenters. The van der Waals surface area contributed by atoms with E-state index in [1.165, 1.54) is 22.3 Å². The largest absolute Gasteiger partial charge is 0.377 e. The van der Waals surface area contributed by atoms with Gasteiger partial charge in [-0.15, -0.1) is 11.8 Å². The van der Waals surface area contributed by atoms with Crippen LogP contribution in [0, 0.1) is 0 Å². The monoisotopic (exact) mass is 401 g/mol. The summed E-state index contributed by atoms with van der Waals surface area (Å²) in [5, 5.41) is 3.10. The molecule has 1 N–H and O–H groups in total. The van der Waals surface area contributed by atoms with Gasteiger partial charge in [0.05, 0.1) is 11.7 Å². The van der Waals surface area contributed by atoms with Gasteiger partial charge in [0.1, 0.15) is 0 Å². The molecule has 1 amide bonds. The Bertz CT molecular complexity index is 1060. The van der Waals surface area contributed by atoms with Crippen LogP contribution in [0.25, 0.3) is 11.1 Å². The molecule has 3 aromatic rings. The molecule has 1 saturated heterocycles. The molecule has 0 spiro atoms. The predicted molar refractivity (Wildman–Crippen MR) is 119 cm³/mol. The second kappa shape index (κ2) is 8.05. The normalized spacial score (nSPS) is 17.0. The number of amides is 1. The van der Waals surface area contributed by atoms with Crippen molar-refractivity contribution in [3.8, 4) is 11.1 Å². The lowest BCUT2D eigenvalue weighted by atomic mass is 10.1. The quantitative estimate of drug-likeness (QED) is 0.431. The van der Waals surface area contributed by atoms with Crippen LogP contribution in [0.15, 0.2) is 71.6 Å². The van der Waals surface area contributed by atoms with Crippen LogP contribution in [-0.2, 0) is 11.2 Å². The summed E-state index contributed by atoms with van der Waals surface area (Å²) >= 11 is 1.71. The highest BCUT2D eigenvalue weighted by Gasteiger charge is 2.20. The van der Waals surface area contributed by atoms with E-state index < -0.39 is 0 Å². The van der Waals surface area contributed by atoms with E-state index >= 15 is 0 Å². The van der Waals surface area contributed by atoms with Gasteiger partial charge in [-0.3, -0.25) is 4.79 Å². The molecule has 0 aromatic heterocycles. The van der Waals surface area contributed by atoms with Crippen LogP contribution < -0.4 is 5.32 Å². The fraction of sp³-hybridized carbons (Fsp3) is 0.240. The maximum atomic E-state index is 13.0. The van der Waals surface area contributed by atoms with Crippen LogP contribution in [0.5, 0.6) is 0 Å². The molecule has 0 saturated carbocycles. The van der Waals surface area contributed by atoms with Gasteiger partial charge in [-0.2, -0.15) is 0 Å². The van der Waals surface area contributed by atoms with Crippen LogP contribution >= 0.6 is 11.8 Å². The van der Waals surface area contributed by atoms with E-state index in [1.54, 1.807) is 11.8 Å². The Morgan fingerprint density at radius 3 is 2.72 bits per heavy atom. The van der Waals surface area contributed by atoms with E-state index in [4.69, 9.17) is 4.74 Å². The first-order chi connectivity index (χ1) is 14.3. The van der Waals surface area contributed by atoms with Crippen molar-refractivity contribution in [3.63, 3.8) is 0 Å². The second-order valence-corrected chi connectivity index (χ2v) is 8.66. The number of carbonyl (C=O) groups is 1. The molecule has 146 valence electrons.